The van der Waals surface area contributed by atoms with E-state index < -0.39 is 0 Å². The minimum atomic E-state index is 0.740. The molecule has 96 valence electrons. The fourth-order valence-electron chi connectivity index (χ4n) is 1.51. The molecule has 0 spiro atoms. The average Bonchev–Trinajstić information content (AvgIpc) is 2.78. The summed E-state index contributed by atoms with van der Waals surface area (Å²) in [5.41, 5.74) is 0. The van der Waals surface area contributed by atoms with E-state index in [2.05, 4.69) is 28.4 Å². The minimum absolute atomic E-state index is 0.740. The molecule has 0 aliphatic carbocycles. The molecule has 4 nitrogen and oxygen atoms in total. The number of nitrogens with zero attached hydrogens (tertiary/aromatic N) is 2. The van der Waals surface area contributed by atoms with Gasteiger partial charge in [-0.1, -0.05) is 19.4 Å². The van der Waals surface area contributed by atoms with E-state index in [0.717, 1.165) is 45.1 Å². The molecule has 1 heterocycles. The van der Waals surface area contributed by atoms with Crippen molar-refractivity contribution in [2.75, 3.05) is 25.1 Å². The smallest absolute Gasteiger partial charge is 0.203 e. The van der Waals surface area contributed by atoms with Crippen molar-refractivity contribution in [3.05, 3.63) is 25.0 Å². The number of anilines is 1. The van der Waals surface area contributed by atoms with E-state index in [-0.39, 0.29) is 0 Å². The second-order valence-electron chi connectivity index (χ2n) is 3.93. The van der Waals surface area contributed by atoms with Crippen molar-refractivity contribution in [1.29, 1.82) is 0 Å². The summed E-state index contributed by atoms with van der Waals surface area (Å²) >= 11 is 0. The van der Waals surface area contributed by atoms with Crippen LogP contribution in [0.15, 0.2) is 25.0 Å². The van der Waals surface area contributed by atoms with Crippen molar-refractivity contribution < 1.29 is 4.74 Å². The summed E-state index contributed by atoms with van der Waals surface area (Å²) in [6.45, 7) is 9.22. The van der Waals surface area contributed by atoms with Gasteiger partial charge in [0.2, 0.25) is 5.95 Å². The number of ether oxygens (including phenoxy) is 1. The van der Waals surface area contributed by atoms with Crippen LogP contribution >= 0.6 is 0 Å². The number of hydrogen-bond donors (Lipinski definition) is 1. The SMILES string of the molecule is C=CCNc1nccn1CCCOCCCC. The van der Waals surface area contributed by atoms with Gasteiger partial charge in [0.1, 0.15) is 0 Å². The van der Waals surface area contributed by atoms with Crippen LogP contribution in [0, 0.1) is 0 Å². The van der Waals surface area contributed by atoms with Gasteiger partial charge in [-0.3, -0.25) is 0 Å². The Labute approximate surface area is 104 Å². The van der Waals surface area contributed by atoms with Gasteiger partial charge in [-0.2, -0.15) is 0 Å². The monoisotopic (exact) mass is 237 g/mol. The predicted molar refractivity (Wildman–Crippen MR) is 71.3 cm³/mol. The summed E-state index contributed by atoms with van der Waals surface area (Å²) in [6.07, 6.45) is 8.98. The van der Waals surface area contributed by atoms with Crippen LogP contribution in [0.5, 0.6) is 0 Å². The van der Waals surface area contributed by atoms with Crippen molar-refractivity contribution in [2.45, 2.75) is 32.7 Å². The van der Waals surface area contributed by atoms with E-state index in [1.807, 2.05) is 18.5 Å². The van der Waals surface area contributed by atoms with Crippen LogP contribution in [0.25, 0.3) is 0 Å². The highest BCUT2D eigenvalue weighted by atomic mass is 16.5. The first kappa shape index (κ1) is 13.8. The van der Waals surface area contributed by atoms with Crippen molar-refractivity contribution in [3.63, 3.8) is 0 Å². The highest BCUT2D eigenvalue weighted by Crippen LogP contribution is 2.05. The minimum Gasteiger partial charge on any atom is -0.381 e. The van der Waals surface area contributed by atoms with Gasteiger partial charge in [0, 0.05) is 38.7 Å². The fourth-order valence-corrected chi connectivity index (χ4v) is 1.51. The summed E-state index contributed by atoms with van der Waals surface area (Å²) in [5, 5.41) is 3.20. The van der Waals surface area contributed by atoms with E-state index in [1.165, 1.54) is 6.42 Å². The Balaban J connectivity index is 2.17. The van der Waals surface area contributed by atoms with Crippen LogP contribution < -0.4 is 5.32 Å². The topological polar surface area (TPSA) is 39.1 Å². The molecular formula is C13H23N3O. The zero-order valence-corrected chi connectivity index (χ0v) is 10.7. The molecule has 1 rings (SSSR count). The Morgan fingerprint density at radius 3 is 3.06 bits per heavy atom. The summed E-state index contributed by atoms with van der Waals surface area (Å²) in [6, 6.07) is 0. The molecule has 17 heavy (non-hydrogen) atoms. The Morgan fingerprint density at radius 2 is 2.29 bits per heavy atom. The number of imidazole rings is 1. The van der Waals surface area contributed by atoms with Gasteiger partial charge in [0.05, 0.1) is 0 Å². The Hall–Kier alpha value is -1.29. The van der Waals surface area contributed by atoms with Crippen molar-refractivity contribution in [3.8, 4) is 0 Å². The summed E-state index contributed by atoms with van der Waals surface area (Å²) in [4.78, 5) is 4.25. The molecule has 0 aliphatic rings. The maximum atomic E-state index is 5.52. The molecule has 1 aromatic rings. The van der Waals surface area contributed by atoms with Gasteiger partial charge in [-0.25, -0.2) is 4.98 Å². The normalized spacial score (nSPS) is 10.4. The van der Waals surface area contributed by atoms with Crippen LogP contribution in [0.4, 0.5) is 5.95 Å². The van der Waals surface area contributed by atoms with Crippen LogP contribution in [-0.2, 0) is 11.3 Å². The molecule has 0 amide bonds. The van der Waals surface area contributed by atoms with Gasteiger partial charge in [0.15, 0.2) is 0 Å². The van der Waals surface area contributed by atoms with Crippen LogP contribution in [0.3, 0.4) is 0 Å². The number of aromatic nitrogens is 2. The molecule has 0 bridgehead atoms. The average molecular weight is 237 g/mol. The second-order valence-corrected chi connectivity index (χ2v) is 3.93. The van der Waals surface area contributed by atoms with Gasteiger partial charge < -0.3 is 14.6 Å². The van der Waals surface area contributed by atoms with Crippen LogP contribution in [-0.4, -0.2) is 29.3 Å². The molecule has 0 fully saturated rings. The lowest BCUT2D eigenvalue weighted by atomic mass is 10.4. The van der Waals surface area contributed by atoms with Gasteiger partial charge >= 0.3 is 0 Å². The lowest BCUT2D eigenvalue weighted by molar-refractivity contribution is 0.126. The predicted octanol–water partition coefficient (Wildman–Crippen LogP) is 2.69. The zero-order valence-electron chi connectivity index (χ0n) is 10.7. The summed E-state index contributed by atoms with van der Waals surface area (Å²) in [7, 11) is 0. The van der Waals surface area contributed by atoms with Crippen LogP contribution in [0.2, 0.25) is 0 Å². The maximum Gasteiger partial charge on any atom is 0.203 e. The number of aryl methyl sites for hydroxylation is 1. The molecular weight excluding hydrogens is 214 g/mol. The first-order valence-corrected chi connectivity index (χ1v) is 6.32. The number of rotatable bonds is 10. The molecule has 0 unspecified atom stereocenters. The third-order valence-electron chi connectivity index (χ3n) is 2.45. The van der Waals surface area contributed by atoms with Crippen LogP contribution in [0.1, 0.15) is 26.2 Å². The molecule has 1 N–H and O–H groups in total. The molecule has 0 atom stereocenters. The zero-order chi connectivity index (χ0) is 12.3. The van der Waals surface area contributed by atoms with E-state index >= 15 is 0 Å². The van der Waals surface area contributed by atoms with E-state index in [1.54, 1.807) is 0 Å². The van der Waals surface area contributed by atoms with Crippen molar-refractivity contribution in [2.24, 2.45) is 0 Å². The fraction of sp³-hybridized carbons (Fsp3) is 0.615. The number of unbranched alkanes of at least 4 members (excludes halogenated alkanes) is 1. The van der Waals surface area contributed by atoms with E-state index in [9.17, 15) is 0 Å². The van der Waals surface area contributed by atoms with E-state index in [0.29, 0.717) is 0 Å². The Bertz CT molecular complexity index is 309. The Kier molecular flexibility index (Phi) is 7.14. The number of hydrogen-bond acceptors (Lipinski definition) is 3. The second kappa shape index (κ2) is 8.82. The highest BCUT2D eigenvalue weighted by molar-refractivity contribution is 5.26. The molecule has 1 aromatic heterocycles. The highest BCUT2D eigenvalue weighted by Gasteiger charge is 2.00. The van der Waals surface area contributed by atoms with E-state index in [4.69, 9.17) is 4.74 Å². The Morgan fingerprint density at radius 1 is 1.47 bits per heavy atom. The number of nitrogens with one attached hydrogen (secondary N) is 1. The van der Waals surface area contributed by atoms with Gasteiger partial charge in [-0.15, -0.1) is 6.58 Å². The quantitative estimate of drug-likeness (QED) is 0.502. The lowest BCUT2D eigenvalue weighted by Crippen LogP contribution is -2.09. The summed E-state index contributed by atoms with van der Waals surface area (Å²) in [5.74, 6) is 0.901. The third-order valence-corrected chi connectivity index (χ3v) is 2.45. The molecule has 0 saturated heterocycles. The molecule has 0 radical (unpaired) electrons. The molecule has 4 heteroatoms. The summed E-state index contributed by atoms with van der Waals surface area (Å²) < 4.78 is 7.63. The first-order valence-electron chi connectivity index (χ1n) is 6.32. The van der Waals surface area contributed by atoms with Gasteiger partial charge in [-0.05, 0) is 12.8 Å². The maximum absolute atomic E-state index is 5.52. The van der Waals surface area contributed by atoms with Gasteiger partial charge in [0.25, 0.3) is 0 Å². The first-order chi connectivity index (χ1) is 8.38. The van der Waals surface area contributed by atoms with Crippen molar-refractivity contribution >= 4 is 5.95 Å². The molecule has 0 aliphatic heterocycles. The lowest BCUT2D eigenvalue weighted by Gasteiger charge is -2.08. The largest absolute Gasteiger partial charge is 0.381 e. The third kappa shape index (κ3) is 5.54. The van der Waals surface area contributed by atoms with Crippen molar-refractivity contribution in [1.82, 2.24) is 9.55 Å². The standard InChI is InChI=1S/C13H23N3O/c1-3-5-11-17-12-6-9-16-10-8-15-13(16)14-7-4-2/h4,8,10H,2-3,5-7,9,11-12H2,1H3,(H,14,15). The molecule has 0 aromatic carbocycles. The molecule has 0 saturated carbocycles.